The van der Waals surface area contributed by atoms with Crippen LogP contribution in [0.1, 0.15) is 5.82 Å². The van der Waals surface area contributed by atoms with E-state index in [2.05, 4.69) is 15.3 Å². The van der Waals surface area contributed by atoms with E-state index in [1.807, 2.05) is 19.1 Å². The fourth-order valence-electron chi connectivity index (χ4n) is 1.49. The molecule has 0 radical (unpaired) electrons. The van der Waals surface area contributed by atoms with E-state index in [0.29, 0.717) is 10.0 Å². The topological polar surface area (TPSA) is 43.1 Å². The molecular weight excluding hydrogens is 279 g/mol. The molecule has 0 unspecified atom stereocenters. The number of aromatic nitrogens is 4. The van der Waals surface area contributed by atoms with Crippen LogP contribution in [0.3, 0.4) is 0 Å². The van der Waals surface area contributed by atoms with Crippen molar-refractivity contribution >= 4 is 39.5 Å². The number of nitrogens with zero attached hydrogens (tertiary/aromatic N) is 4. The zero-order chi connectivity index (χ0) is 12.0. The Morgan fingerprint density at radius 2 is 2.06 bits per heavy atom. The molecule has 2 aromatic heterocycles. The molecule has 3 aromatic rings. The Kier molecular flexibility index (Phi) is 2.54. The van der Waals surface area contributed by atoms with Gasteiger partial charge >= 0.3 is 0 Å². The van der Waals surface area contributed by atoms with Crippen molar-refractivity contribution in [3.63, 3.8) is 0 Å². The maximum absolute atomic E-state index is 6.15. The van der Waals surface area contributed by atoms with Crippen LogP contribution in [0.5, 0.6) is 0 Å². The van der Waals surface area contributed by atoms with Crippen LogP contribution in [0, 0.1) is 6.92 Å². The molecule has 0 fully saturated rings. The number of fused-ring (bicyclic) bond motifs is 1. The summed E-state index contributed by atoms with van der Waals surface area (Å²) in [7, 11) is 0. The van der Waals surface area contributed by atoms with Crippen LogP contribution in [0.4, 0.5) is 0 Å². The molecule has 0 aliphatic heterocycles. The van der Waals surface area contributed by atoms with Crippen molar-refractivity contribution in [2.24, 2.45) is 0 Å². The van der Waals surface area contributed by atoms with Gasteiger partial charge in [0.05, 0.1) is 10.0 Å². The molecule has 0 atom stereocenters. The lowest BCUT2D eigenvalue weighted by Gasteiger charge is -2.00. The molecule has 86 valence electrons. The summed E-state index contributed by atoms with van der Waals surface area (Å²) in [4.78, 5) is 0.744. The quantitative estimate of drug-likeness (QED) is 0.687. The van der Waals surface area contributed by atoms with Gasteiger partial charge < -0.3 is 0 Å². The van der Waals surface area contributed by atoms with Crippen molar-refractivity contribution in [2.45, 2.75) is 6.92 Å². The summed E-state index contributed by atoms with van der Waals surface area (Å²) >= 11 is 13.6. The normalized spacial score (nSPS) is 11.2. The second kappa shape index (κ2) is 3.94. The van der Waals surface area contributed by atoms with Crippen LogP contribution < -0.4 is 0 Å². The van der Waals surface area contributed by atoms with Gasteiger partial charge in [0.25, 0.3) is 0 Å². The smallest absolute Gasteiger partial charge is 0.187 e. The Labute approximate surface area is 111 Å². The molecule has 0 bridgehead atoms. The summed E-state index contributed by atoms with van der Waals surface area (Å²) in [5, 5.41) is 14.2. The highest BCUT2D eigenvalue weighted by molar-refractivity contribution is 7.19. The monoisotopic (exact) mass is 284 g/mol. The standard InChI is InChI=1S/C10H6Cl2N4S/c1-5-13-14-10-16(5)15-9(17-10)6-3-2-4-7(11)8(6)12/h2-4H,1H3. The van der Waals surface area contributed by atoms with Crippen LogP contribution in [0.2, 0.25) is 10.0 Å². The third-order valence-electron chi connectivity index (χ3n) is 2.33. The second-order valence-electron chi connectivity index (χ2n) is 3.45. The number of benzene rings is 1. The van der Waals surface area contributed by atoms with Crippen molar-refractivity contribution < 1.29 is 0 Å². The lowest BCUT2D eigenvalue weighted by atomic mass is 10.2. The lowest BCUT2D eigenvalue weighted by molar-refractivity contribution is 0.898. The minimum absolute atomic E-state index is 0.511. The van der Waals surface area contributed by atoms with Gasteiger partial charge in [-0.1, -0.05) is 46.7 Å². The van der Waals surface area contributed by atoms with Crippen LogP contribution in [-0.4, -0.2) is 19.8 Å². The molecule has 0 aliphatic carbocycles. The number of aryl methyl sites for hydroxylation is 1. The molecular formula is C10H6Cl2N4S. The highest BCUT2D eigenvalue weighted by Gasteiger charge is 2.14. The first kappa shape index (κ1) is 11.0. The van der Waals surface area contributed by atoms with Gasteiger partial charge in [0, 0.05) is 5.56 Å². The van der Waals surface area contributed by atoms with Gasteiger partial charge in [0.2, 0.25) is 4.96 Å². The molecule has 0 saturated carbocycles. The van der Waals surface area contributed by atoms with Crippen LogP contribution in [-0.2, 0) is 0 Å². The Bertz CT molecular complexity index is 703. The van der Waals surface area contributed by atoms with Gasteiger partial charge in [-0.3, -0.25) is 0 Å². The summed E-state index contributed by atoms with van der Waals surface area (Å²) in [5.41, 5.74) is 0.814. The Morgan fingerprint density at radius 3 is 2.82 bits per heavy atom. The molecule has 1 aromatic carbocycles. The third-order valence-corrected chi connectivity index (χ3v) is 4.08. The van der Waals surface area contributed by atoms with E-state index in [0.717, 1.165) is 21.4 Å². The number of hydrogen-bond acceptors (Lipinski definition) is 4. The van der Waals surface area contributed by atoms with Gasteiger partial charge in [-0.05, 0) is 13.0 Å². The minimum Gasteiger partial charge on any atom is -0.187 e. The predicted octanol–water partition coefficient (Wildman–Crippen LogP) is 3.47. The van der Waals surface area contributed by atoms with E-state index in [4.69, 9.17) is 23.2 Å². The zero-order valence-corrected chi connectivity index (χ0v) is 11.0. The Hall–Kier alpha value is -1.17. The van der Waals surface area contributed by atoms with Gasteiger partial charge in [-0.25, -0.2) is 0 Å². The average Bonchev–Trinajstić information content (AvgIpc) is 2.85. The molecule has 0 amide bonds. The van der Waals surface area contributed by atoms with Gasteiger partial charge in [0.15, 0.2) is 5.82 Å². The van der Waals surface area contributed by atoms with Crippen LogP contribution >= 0.6 is 34.5 Å². The van der Waals surface area contributed by atoms with E-state index in [9.17, 15) is 0 Å². The number of halogens is 2. The van der Waals surface area contributed by atoms with E-state index < -0.39 is 0 Å². The first-order valence-electron chi connectivity index (χ1n) is 4.80. The van der Waals surface area contributed by atoms with Crippen molar-refractivity contribution in [3.8, 4) is 10.6 Å². The second-order valence-corrected chi connectivity index (χ2v) is 5.19. The maximum atomic E-state index is 6.15. The molecule has 0 saturated heterocycles. The molecule has 7 heteroatoms. The van der Waals surface area contributed by atoms with Gasteiger partial charge in [0.1, 0.15) is 5.01 Å². The van der Waals surface area contributed by atoms with Crippen molar-refractivity contribution in [3.05, 3.63) is 34.1 Å². The molecule has 3 rings (SSSR count). The van der Waals surface area contributed by atoms with Crippen LogP contribution in [0.25, 0.3) is 15.5 Å². The fourth-order valence-corrected chi connectivity index (χ4v) is 2.86. The first-order valence-corrected chi connectivity index (χ1v) is 6.37. The zero-order valence-electron chi connectivity index (χ0n) is 8.69. The van der Waals surface area contributed by atoms with E-state index in [1.54, 1.807) is 10.6 Å². The Morgan fingerprint density at radius 1 is 1.24 bits per heavy atom. The van der Waals surface area contributed by atoms with Crippen molar-refractivity contribution in [2.75, 3.05) is 0 Å². The predicted molar refractivity (Wildman–Crippen MR) is 68.9 cm³/mol. The van der Waals surface area contributed by atoms with E-state index in [-0.39, 0.29) is 0 Å². The molecule has 0 spiro atoms. The minimum atomic E-state index is 0.511. The summed E-state index contributed by atoms with van der Waals surface area (Å²) in [6.45, 7) is 1.85. The molecule has 17 heavy (non-hydrogen) atoms. The SMILES string of the molecule is Cc1nnc2sc(-c3cccc(Cl)c3Cl)nn12. The summed E-state index contributed by atoms with van der Waals surface area (Å²) in [5.74, 6) is 0.751. The lowest BCUT2D eigenvalue weighted by Crippen LogP contribution is -1.89. The fraction of sp³-hybridized carbons (Fsp3) is 0.100. The van der Waals surface area contributed by atoms with Crippen molar-refractivity contribution in [1.29, 1.82) is 0 Å². The highest BCUT2D eigenvalue weighted by atomic mass is 35.5. The van der Waals surface area contributed by atoms with E-state index in [1.165, 1.54) is 11.3 Å². The average molecular weight is 285 g/mol. The van der Waals surface area contributed by atoms with Crippen LogP contribution in [0.15, 0.2) is 18.2 Å². The molecule has 0 N–H and O–H groups in total. The Balaban J connectivity index is 2.23. The first-order chi connectivity index (χ1) is 8.16. The molecule has 2 heterocycles. The summed E-state index contributed by atoms with van der Waals surface area (Å²) < 4.78 is 1.69. The molecule has 0 aliphatic rings. The summed E-state index contributed by atoms with van der Waals surface area (Å²) in [6.07, 6.45) is 0. The van der Waals surface area contributed by atoms with Gasteiger partial charge in [-0.15, -0.1) is 10.2 Å². The van der Waals surface area contributed by atoms with Crippen molar-refractivity contribution in [1.82, 2.24) is 19.8 Å². The number of rotatable bonds is 1. The number of hydrogen-bond donors (Lipinski definition) is 0. The summed E-state index contributed by atoms with van der Waals surface area (Å²) in [6, 6.07) is 5.48. The largest absolute Gasteiger partial charge is 0.234 e. The maximum Gasteiger partial charge on any atom is 0.234 e. The highest BCUT2D eigenvalue weighted by Crippen LogP contribution is 2.35. The van der Waals surface area contributed by atoms with Gasteiger partial charge in [-0.2, -0.15) is 9.61 Å². The third kappa shape index (κ3) is 1.71. The van der Waals surface area contributed by atoms with E-state index >= 15 is 0 Å². The molecule has 4 nitrogen and oxygen atoms in total.